The standard InChI is InChI=1S/C54H42N4/c1-6-36-22-23-42(30-37(36)7-2)53-33-49(52-29-25-39-16-12-15-21-51(39)58-52)45(35(5)57-53)27-28-50(55)48(54-32-40-17-10-11-18-43(40)34-56-54)26-24-41-31-38(8-3)44(9-4)47-20-14-13-19-46(41)47/h6-23,25-34H,1-5,24,55H2/b45-27+,48-26+,50-28-. The van der Waals surface area contributed by atoms with Gasteiger partial charge in [-0.15, -0.1) is 0 Å². The molecule has 0 spiro atoms. The van der Waals surface area contributed by atoms with Gasteiger partial charge in [-0.25, -0.2) is 9.97 Å². The van der Waals surface area contributed by atoms with E-state index in [1.165, 1.54) is 0 Å². The van der Waals surface area contributed by atoms with Crippen molar-refractivity contribution < 1.29 is 0 Å². The number of hydrogen-bond acceptors (Lipinski definition) is 4. The van der Waals surface area contributed by atoms with Gasteiger partial charge in [0.1, 0.15) is 0 Å². The Balaban J connectivity index is 1.31. The highest BCUT2D eigenvalue weighted by molar-refractivity contribution is 5.97. The fraction of sp³-hybridized carbons (Fsp3) is 0.0185. The molecule has 0 saturated carbocycles. The van der Waals surface area contributed by atoms with Crippen LogP contribution in [0.5, 0.6) is 0 Å². The second kappa shape index (κ2) is 16.2. The highest BCUT2D eigenvalue weighted by Gasteiger charge is 2.13. The summed E-state index contributed by atoms with van der Waals surface area (Å²) in [7, 11) is 0. The molecule has 0 aliphatic carbocycles. The molecule has 0 saturated heterocycles. The molecular weight excluding hydrogens is 705 g/mol. The van der Waals surface area contributed by atoms with Crippen LogP contribution < -0.4 is 16.3 Å². The lowest BCUT2D eigenvalue weighted by Gasteiger charge is -2.13. The van der Waals surface area contributed by atoms with E-state index in [0.29, 0.717) is 17.5 Å². The summed E-state index contributed by atoms with van der Waals surface area (Å²) >= 11 is 0. The Kier molecular flexibility index (Phi) is 10.4. The summed E-state index contributed by atoms with van der Waals surface area (Å²) < 4.78 is 0. The van der Waals surface area contributed by atoms with Gasteiger partial charge in [0.2, 0.25) is 0 Å². The van der Waals surface area contributed by atoms with E-state index in [4.69, 9.17) is 20.7 Å². The molecule has 278 valence electrons. The van der Waals surface area contributed by atoms with Crippen LogP contribution in [0.25, 0.3) is 97.5 Å². The maximum atomic E-state index is 7.13. The van der Waals surface area contributed by atoms with Gasteiger partial charge < -0.3 is 5.73 Å². The topological polar surface area (TPSA) is 64.7 Å². The van der Waals surface area contributed by atoms with E-state index in [9.17, 15) is 0 Å². The summed E-state index contributed by atoms with van der Waals surface area (Å²) in [6, 6.07) is 41.4. The van der Waals surface area contributed by atoms with E-state index in [2.05, 4.69) is 112 Å². The summed E-state index contributed by atoms with van der Waals surface area (Å²) in [5.74, 6) is 0. The molecule has 0 bridgehead atoms. The number of fused-ring (bicyclic) bond motifs is 3. The number of hydrogen-bond donors (Lipinski definition) is 1. The molecule has 0 fully saturated rings. The van der Waals surface area contributed by atoms with Crippen LogP contribution in [0.15, 0.2) is 172 Å². The zero-order chi connectivity index (χ0) is 40.2. The van der Waals surface area contributed by atoms with Crippen LogP contribution >= 0.6 is 0 Å². The predicted molar refractivity (Wildman–Crippen MR) is 250 cm³/mol. The minimum atomic E-state index is 0.551. The third kappa shape index (κ3) is 7.23. The average molecular weight is 747 g/mol. The second-order valence-corrected chi connectivity index (χ2v) is 14.1. The number of pyridine rings is 3. The van der Waals surface area contributed by atoms with Crippen LogP contribution in [-0.4, -0.2) is 15.0 Å². The fourth-order valence-corrected chi connectivity index (χ4v) is 7.60. The van der Waals surface area contributed by atoms with Gasteiger partial charge in [-0.3, -0.25) is 4.98 Å². The number of para-hydroxylation sites is 1. The average Bonchev–Trinajstić information content (AvgIpc) is 3.27. The Morgan fingerprint density at radius 2 is 1.34 bits per heavy atom. The van der Waals surface area contributed by atoms with Gasteiger partial charge in [0.15, 0.2) is 0 Å². The Morgan fingerprint density at radius 1 is 0.621 bits per heavy atom. The van der Waals surface area contributed by atoms with Crippen LogP contribution in [0.1, 0.15) is 33.5 Å². The molecule has 8 rings (SSSR count). The number of benzene rings is 5. The molecule has 0 aliphatic rings. The van der Waals surface area contributed by atoms with Crippen LogP contribution in [0.3, 0.4) is 0 Å². The molecule has 0 radical (unpaired) electrons. The molecule has 0 atom stereocenters. The number of nitrogens with zero attached hydrogens (tertiary/aromatic N) is 3. The van der Waals surface area contributed by atoms with Crippen molar-refractivity contribution in [3.63, 3.8) is 0 Å². The second-order valence-electron chi connectivity index (χ2n) is 14.1. The van der Waals surface area contributed by atoms with Crippen LogP contribution in [0, 0.1) is 0 Å². The Morgan fingerprint density at radius 3 is 2.12 bits per heavy atom. The van der Waals surface area contributed by atoms with Crippen molar-refractivity contribution in [2.24, 2.45) is 5.73 Å². The van der Waals surface area contributed by atoms with E-state index in [1.54, 1.807) is 0 Å². The zero-order valence-corrected chi connectivity index (χ0v) is 32.3. The lowest BCUT2D eigenvalue weighted by Crippen LogP contribution is -2.29. The molecule has 0 unspecified atom stereocenters. The largest absolute Gasteiger partial charge is 0.398 e. The highest BCUT2D eigenvalue weighted by Crippen LogP contribution is 2.31. The highest BCUT2D eigenvalue weighted by atomic mass is 14.7. The van der Waals surface area contributed by atoms with Gasteiger partial charge in [-0.2, -0.15) is 0 Å². The van der Waals surface area contributed by atoms with E-state index < -0.39 is 0 Å². The molecule has 4 nitrogen and oxygen atoms in total. The molecule has 3 heterocycles. The monoisotopic (exact) mass is 746 g/mol. The first-order valence-electron chi connectivity index (χ1n) is 19.2. The zero-order valence-electron chi connectivity index (χ0n) is 32.3. The van der Waals surface area contributed by atoms with Crippen LogP contribution in [0.4, 0.5) is 0 Å². The SMILES string of the molecule is C=Cc1ccc(-c2cc(-c3ccc4ccccc4n3)/c(=C/C=C(N)/C(=C\Cc3cc(C=C)c(C=C)c4ccccc34)c3cc4ccccc4cn3)c(=C)n2)cc1C=C. The smallest absolute Gasteiger partial charge is 0.0725 e. The van der Waals surface area contributed by atoms with Crippen molar-refractivity contribution in [1.82, 2.24) is 15.0 Å². The van der Waals surface area contributed by atoms with Crippen molar-refractivity contribution in [2.45, 2.75) is 6.42 Å². The van der Waals surface area contributed by atoms with Crippen LogP contribution in [0.2, 0.25) is 0 Å². The predicted octanol–water partition coefficient (Wildman–Crippen LogP) is 11.6. The first-order chi connectivity index (χ1) is 28.4. The fourth-order valence-electron chi connectivity index (χ4n) is 7.60. The molecule has 58 heavy (non-hydrogen) atoms. The number of nitrogens with two attached hydrogens (primary N) is 1. The van der Waals surface area contributed by atoms with Crippen molar-refractivity contribution in [3.05, 3.63) is 216 Å². The van der Waals surface area contributed by atoms with E-state index in [1.807, 2.05) is 91.2 Å². The molecule has 0 aliphatic heterocycles. The van der Waals surface area contributed by atoms with E-state index >= 15 is 0 Å². The molecule has 2 N–H and O–H groups in total. The van der Waals surface area contributed by atoms with Crippen molar-refractivity contribution in [2.75, 3.05) is 0 Å². The minimum Gasteiger partial charge on any atom is -0.398 e. The number of allylic oxidation sites excluding steroid dienone is 3. The maximum Gasteiger partial charge on any atom is 0.0725 e. The van der Waals surface area contributed by atoms with Gasteiger partial charge in [0.25, 0.3) is 0 Å². The van der Waals surface area contributed by atoms with Crippen molar-refractivity contribution in [3.8, 4) is 22.5 Å². The van der Waals surface area contributed by atoms with Gasteiger partial charge in [0, 0.05) is 44.6 Å². The number of aromatic nitrogens is 3. The Bertz CT molecular complexity index is 3150. The molecule has 3 aromatic heterocycles. The lowest BCUT2D eigenvalue weighted by atomic mass is 9.92. The molecule has 4 heteroatoms. The van der Waals surface area contributed by atoms with Gasteiger partial charge in [-0.1, -0.05) is 160 Å². The van der Waals surface area contributed by atoms with E-state index in [-0.39, 0.29) is 0 Å². The molecular formula is C54H42N4. The summed E-state index contributed by atoms with van der Waals surface area (Å²) in [4.78, 5) is 15.1. The van der Waals surface area contributed by atoms with Gasteiger partial charge in [-0.05, 0) is 86.8 Å². The summed E-state index contributed by atoms with van der Waals surface area (Å²) in [6.07, 6.45) is 16.1. The van der Waals surface area contributed by atoms with Crippen molar-refractivity contribution in [1.29, 1.82) is 0 Å². The van der Waals surface area contributed by atoms with Crippen LogP contribution in [-0.2, 0) is 6.42 Å². The Hall–Kier alpha value is -7.69. The molecule has 8 aromatic rings. The third-order valence-corrected chi connectivity index (χ3v) is 10.6. The molecule has 0 amide bonds. The Labute approximate surface area is 339 Å². The number of rotatable bonds is 11. The first-order valence-corrected chi connectivity index (χ1v) is 19.2. The normalized spacial score (nSPS) is 12.2. The molecule has 5 aromatic carbocycles. The quantitative estimate of drug-likeness (QED) is 0.134. The summed E-state index contributed by atoms with van der Waals surface area (Å²) in [5.41, 5.74) is 18.8. The first kappa shape index (κ1) is 37.2. The van der Waals surface area contributed by atoms with E-state index in [0.717, 1.165) is 99.3 Å². The van der Waals surface area contributed by atoms with Crippen molar-refractivity contribution >= 4 is 75.0 Å². The maximum absolute atomic E-state index is 7.13. The lowest BCUT2D eigenvalue weighted by molar-refractivity contribution is 1.22. The summed E-state index contributed by atoms with van der Waals surface area (Å²) in [5, 5.41) is 6.89. The van der Waals surface area contributed by atoms with Gasteiger partial charge >= 0.3 is 0 Å². The third-order valence-electron chi connectivity index (χ3n) is 10.6. The summed E-state index contributed by atoms with van der Waals surface area (Å²) in [6.45, 7) is 20.6. The van der Waals surface area contributed by atoms with Gasteiger partial charge in [0.05, 0.1) is 27.9 Å². The minimum absolute atomic E-state index is 0.551.